The lowest BCUT2D eigenvalue weighted by atomic mass is 9.82. The maximum atomic E-state index is 12.2. The van der Waals surface area contributed by atoms with Gasteiger partial charge in [0, 0.05) is 25.6 Å². The summed E-state index contributed by atoms with van der Waals surface area (Å²) in [5.74, 6) is -0.0125. The number of hydrogen-bond donors (Lipinski definition) is 1. The van der Waals surface area contributed by atoms with Gasteiger partial charge in [-0.25, -0.2) is 0 Å². The molecule has 1 aromatic carbocycles. The van der Waals surface area contributed by atoms with Gasteiger partial charge in [0.1, 0.15) is 6.04 Å². The van der Waals surface area contributed by atoms with Gasteiger partial charge in [-0.05, 0) is 12.0 Å². The first-order valence-electron chi connectivity index (χ1n) is 6.66. The van der Waals surface area contributed by atoms with Crippen molar-refractivity contribution >= 4 is 5.91 Å². The van der Waals surface area contributed by atoms with Crippen LogP contribution in [-0.4, -0.2) is 43.7 Å². The molecule has 1 saturated heterocycles. The van der Waals surface area contributed by atoms with Gasteiger partial charge in [0.25, 0.3) is 0 Å². The average molecular weight is 262 g/mol. The molecule has 1 aromatic rings. The second kappa shape index (κ2) is 5.72. The first-order chi connectivity index (χ1) is 9.07. The van der Waals surface area contributed by atoms with Gasteiger partial charge < -0.3 is 15.4 Å². The number of hydrogen-bond acceptors (Lipinski definition) is 3. The highest BCUT2D eigenvalue weighted by Crippen LogP contribution is 2.34. The highest BCUT2D eigenvalue weighted by molar-refractivity contribution is 5.82. The van der Waals surface area contributed by atoms with E-state index in [-0.39, 0.29) is 17.9 Å². The number of carbonyl (C=O) groups excluding carboxylic acids is 1. The fourth-order valence-electron chi connectivity index (χ4n) is 2.71. The van der Waals surface area contributed by atoms with E-state index < -0.39 is 6.04 Å². The van der Waals surface area contributed by atoms with Crippen molar-refractivity contribution < 1.29 is 9.53 Å². The fourth-order valence-corrected chi connectivity index (χ4v) is 2.71. The molecule has 1 heterocycles. The zero-order valence-corrected chi connectivity index (χ0v) is 11.6. The molecular weight excluding hydrogens is 240 g/mol. The van der Waals surface area contributed by atoms with E-state index >= 15 is 0 Å². The van der Waals surface area contributed by atoms with Gasteiger partial charge in [-0.2, -0.15) is 0 Å². The van der Waals surface area contributed by atoms with E-state index in [2.05, 4.69) is 19.1 Å². The van der Waals surface area contributed by atoms with Gasteiger partial charge in [0.15, 0.2) is 0 Å². The van der Waals surface area contributed by atoms with Crippen LogP contribution in [0.25, 0.3) is 0 Å². The van der Waals surface area contributed by atoms with Crippen molar-refractivity contribution in [3.63, 3.8) is 0 Å². The summed E-state index contributed by atoms with van der Waals surface area (Å²) in [5, 5.41) is 0. The van der Waals surface area contributed by atoms with Crippen LogP contribution in [0.5, 0.6) is 0 Å². The third-order valence-corrected chi connectivity index (χ3v) is 3.92. The smallest absolute Gasteiger partial charge is 0.241 e. The first-order valence-corrected chi connectivity index (χ1v) is 6.66. The molecule has 1 aliphatic rings. The Bertz CT molecular complexity index is 435. The number of carbonyl (C=O) groups is 1. The molecule has 2 unspecified atom stereocenters. The van der Waals surface area contributed by atoms with Crippen LogP contribution < -0.4 is 5.73 Å². The van der Waals surface area contributed by atoms with Crippen molar-refractivity contribution in [1.29, 1.82) is 0 Å². The summed E-state index contributed by atoms with van der Waals surface area (Å²) in [4.78, 5) is 14.0. The zero-order chi connectivity index (χ0) is 13.9. The monoisotopic (exact) mass is 262 g/mol. The Balaban J connectivity index is 2.05. The lowest BCUT2D eigenvalue weighted by molar-refractivity contribution is -0.132. The SMILES string of the molecule is COCC(N)C(=O)N1CCC(C)(c2ccccc2)C1. The largest absolute Gasteiger partial charge is 0.383 e. The van der Waals surface area contributed by atoms with Crippen LogP contribution in [0, 0.1) is 0 Å². The van der Waals surface area contributed by atoms with Gasteiger partial charge >= 0.3 is 0 Å². The van der Waals surface area contributed by atoms with E-state index in [9.17, 15) is 4.79 Å². The second-order valence-electron chi connectivity index (χ2n) is 5.50. The molecule has 1 amide bonds. The van der Waals surface area contributed by atoms with Gasteiger partial charge in [-0.15, -0.1) is 0 Å². The molecule has 2 rings (SSSR count). The van der Waals surface area contributed by atoms with E-state index in [0.29, 0.717) is 0 Å². The third kappa shape index (κ3) is 2.96. The van der Waals surface area contributed by atoms with Crippen LogP contribution in [0.1, 0.15) is 18.9 Å². The number of methoxy groups -OCH3 is 1. The summed E-state index contributed by atoms with van der Waals surface area (Å²) in [6, 6.07) is 9.80. The second-order valence-corrected chi connectivity index (χ2v) is 5.50. The lowest BCUT2D eigenvalue weighted by Gasteiger charge is -2.26. The minimum atomic E-state index is -0.553. The molecule has 2 N–H and O–H groups in total. The number of amides is 1. The first kappa shape index (κ1) is 14.0. The molecule has 0 spiro atoms. The van der Waals surface area contributed by atoms with Gasteiger partial charge in [-0.3, -0.25) is 4.79 Å². The molecule has 4 nitrogen and oxygen atoms in total. The van der Waals surface area contributed by atoms with Gasteiger partial charge in [0.2, 0.25) is 5.91 Å². The Morgan fingerprint density at radius 2 is 2.16 bits per heavy atom. The maximum Gasteiger partial charge on any atom is 0.241 e. The Morgan fingerprint density at radius 3 is 2.79 bits per heavy atom. The molecule has 1 aliphatic heterocycles. The number of likely N-dealkylation sites (tertiary alicyclic amines) is 1. The van der Waals surface area contributed by atoms with Crippen molar-refractivity contribution in [3.8, 4) is 0 Å². The molecule has 1 fully saturated rings. The minimum Gasteiger partial charge on any atom is -0.383 e. The van der Waals surface area contributed by atoms with Crippen LogP contribution in [-0.2, 0) is 14.9 Å². The topological polar surface area (TPSA) is 55.6 Å². The molecule has 0 aliphatic carbocycles. The minimum absolute atomic E-state index is 0.0125. The van der Waals surface area contributed by atoms with Crippen molar-refractivity contribution in [2.75, 3.05) is 26.8 Å². The van der Waals surface area contributed by atoms with E-state index in [4.69, 9.17) is 10.5 Å². The third-order valence-electron chi connectivity index (χ3n) is 3.92. The summed E-state index contributed by atoms with van der Waals surface area (Å²) in [5.41, 5.74) is 7.13. The normalized spacial score (nSPS) is 24.5. The van der Waals surface area contributed by atoms with E-state index in [1.165, 1.54) is 5.56 Å². The number of rotatable bonds is 4. The van der Waals surface area contributed by atoms with Crippen molar-refractivity contribution in [1.82, 2.24) is 4.90 Å². The van der Waals surface area contributed by atoms with Crippen molar-refractivity contribution in [3.05, 3.63) is 35.9 Å². The van der Waals surface area contributed by atoms with Crippen molar-refractivity contribution in [2.45, 2.75) is 24.8 Å². The average Bonchev–Trinajstić information content (AvgIpc) is 2.83. The Kier molecular flexibility index (Phi) is 4.22. The van der Waals surface area contributed by atoms with E-state index in [0.717, 1.165) is 19.5 Å². The summed E-state index contributed by atoms with van der Waals surface area (Å²) < 4.78 is 4.95. The highest BCUT2D eigenvalue weighted by atomic mass is 16.5. The van der Waals surface area contributed by atoms with Crippen LogP contribution >= 0.6 is 0 Å². The Morgan fingerprint density at radius 1 is 1.47 bits per heavy atom. The van der Waals surface area contributed by atoms with Crippen molar-refractivity contribution in [2.24, 2.45) is 5.73 Å². The molecule has 104 valence electrons. The molecule has 0 bridgehead atoms. The van der Waals surface area contributed by atoms with Gasteiger partial charge in [0.05, 0.1) is 6.61 Å². The van der Waals surface area contributed by atoms with E-state index in [1.54, 1.807) is 7.11 Å². The zero-order valence-electron chi connectivity index (χ0n) is 11.6. The molecule has 0 radical (unpaired) electrons. The summed E-state index contributed by atoms with van der Waals surface area (Å²) in [6.45, 7) is 3.98. The maximum absolute atomic E-state index is 12.2. The van der Waals surface area contributed by atoms with E-state index in [1.807, 2.05) is 23.1 Å². The molecule has 4 heteroatoms. The Labute approximate surface area is 114 Å². The standard InChI is InChI=1S/C15H22N2O2/c1-15(12-6-4-3-5-7-12)8-9-17(11-15)14(18)13(16)10-19-2/h3-7,13H,8-11,16H2,1-2H3. The lowest BCUT2D eigenvalue weighted by Crippen LogP contribution is -2.46. The predicted molar refractivity (Wildman–Crippen MR) is 74.8 cm³/mol. The summed E-state index contributed by atoms with van der Waals surface area (Å²) in [7, 11) is 1.56. The molecule has 2 atom stereocenters. The van der Waals surface area contributed by atoms with Gasteiger partial charge in [-0.1, -0.05) is 37.3 Å². The molecule has 0 saturated carbocycles. The van der Waals surface area contributed by atoms with Crippen LogP contribution in [0.15, 0.2) is 30.3 Å². The van der Waals surface area contributed by atoms with Crippen LogP contribution in [0.4, 0.5) is 0 Å². The van der Waals surface area contributed by atoms with Crippen LogP contribution in [0.2, 0.25) is 0 Å². The fraction of sp³-hybridized carbons (Fsp3) is 0.533. The molecule has 0 aromatic heterocycles. The number of ether oxygens (including phenoxy) is 1. The molecule has 19 heavy (non-hydrogen) atoms. The molecular formula is C15H22N2O2. The number of nitrogens with two attached hydrogens (primary N) is 1. The predicted octanol–water partition coefficient (Wildman–Crippen LogP) is 1.15. The number of nitrogens with zero attached hydrogens (tertiary/aromatic N) is 1. The summed E-state index contributed by atoms with van der Waals surface area (Å²) in [6.07, 6.45) is 0.975. The van der Waals surface area contributed by atoms with Crippen LogP contribution in [0.3, 0.4) is 0 Å². The quantitative estimate of drug-likeness (QED) is 0.885. The number of benzene rings is 1. The summed E-state index contributed by atoms with van der Waals surface area (Å²) >= 11 is 0. The highest BCUT2D eigenvalue weighted by Gasteiger charge is 2.38. The Hall–Kier alpha value is -1.39.